The van der Waals surface area contributed by atoms with Gasteiger partial charge in [-0.15, -0.1) is 0 Å². The molecule has 82 valence electrons. The van der Waals surface area contributed by atoms with Crippen molar-refractivity contribution in [2.75, 3.05) is 0 Å². The molecule has 0 radical (unpaired) electrons. The molecule has 1 nitrogen and oxygen atoms in total. The summed E-state index contributed by atoms with van der Waals surface area (Å²) in [7, 11) is 0. The number of aryl methyl sites for hydroxylation is 3. The maximum absolute atomic E-state index is 9.96. The van der Waals surface area contributed by atoms with E-state index in [4.69, 9.17) is 0 Å². The smallest absolute Gasteiger partial charge is 0.0608 e. The van der Waals surface area contributed by atoms with Crippen molar-refractivity contribution in [3.63, 3.8) is 0 Å². The minimum atomic E-state index is -0.120. The van der Waals surface area contributed by atoms with Crippen LogP contribution in [-0.4, -0.2) is 11.2 Å². The highest BCUT2D eigenvalue weighted by Crippen LogP contribution is 2.38. The Hall–Kier alpha value is -0.820. The van der Waals surface area contributed by atoms with Crippen molar-refractivity contribution in [3.8, 4) is 0 Å². The van der Waals surface area contributed by atoms with Gasteiger partial charge in [0.05, 0.1) is 6.10 Å². The SMILES string of the molecule is Cc1cc(C)c(C2CCCC2O)c(C)c1. The van der Waals surface area contributed by atoms with Crippen molar-refractivity contribution >= 4 is 0 Å². The first-order valence-electron chi connectivity index (χ1n) is 5.85. The highest BCUT2D eigenvalue weighted by Gasteiger charge is 2.28. The van der Waals surface area contributed by atoms with Crippen molar-refractivity contribution < 1.29 is 5.11 Å². The number of benzene rings is 1. The Labute approximate surface area is 92.1 Å². The predicted molar refractivity (Wildman–Crippen MR) is 63.3 cm³/mol. The Kier molecular flexibility index (Phi) is 2.83. The van der Waals surface area contributed by atoms with Crippen LogP contribution in [0.15, 0.2) is 12.1 Å². The summed E-state index contributed by atoms with van der Waals surface area (Å²) in [5, 5.41) is 9.96. The van der Waals surface area contributed by atoms with Gasteiger partial charge in [-0.25, -0.2) is 0 Å². The van der Waals surface area contributed by atoms with E-state index < -0.39 is 0 Å². The third-order valence-corrected chi connectivity index (χ3v) is 3.59. The first-order valence-corrected chi connectivity index (χ1v) is 5.85. The van der Waals surface area contributed by atoms with Crippen molar-refractivity contribution in [2.24, 2.45) is 0 Å². The number of aliphatic hydroxyl groups excluding tert-OH is 1. The van der Waals surface area contributed by atoms with Crippen molar-refractivity contribution in [1.82, 2.24) is 0 Å². The van der Waals surface area contributed by atoms with Gasteiger partial charge in [0.25, 0.3) is 0 Å². The maximum atomic E-state index is 9.96. The van der Waals surface area contributed by atoms with E-state index in [9.17, 15) is 5.11 Å². The fourth-order valence-corrected chi connectivity index (χ4v) is 3.05. The molecule has 1 aliphatic rings. The van der Waals surface area contributed by atoms with E-state index in [1.807, 2.05) is 0 Å². The Morgan fingerprint density at radius 3 is 2.13 bits per heavy atom. The van der Waals surface area contributed by atoms with Gasteiger partial charge in [-0.05, 0) is 50.3 Å². The van der Waals surface area contributed by atoms with Gasteiger partial charge >= 0.3 is 0 Å². The molecule has 0 amide bonds. The summed E-state index contributed by atoms with van der Waals surface area (Å²) in [4.78, 5) is 0. The van der Waals surface area contributed by atoms with Crippen LogP contribution in [0.3, 0.4) is 0 Å². The molecule has 1 saturated carbocycles. The standard InChI is InChI=1S/C14H20O/c1-9-7-10(2)14(11(3)8-9)12-5-4-6-13(12)15/h7-8,12-13,15H,4-6H2,1-3H3. The number of rotatable bonds is 1. The summed E-state index contributed by atoms with van der Waals surface area (Å²) in [5.74, 6) is 0.380. The first-order chi connectivity index (χ1) is 7.09. The second-order valence-corrected chi connectivity index (χ2v) is 4.92. The molecule has 2 atom stereocenters. The summed E-state index contributed by atoms with van der Waals surface area (Å²) in [6, 6.07) is 4.46. The van der Waals surface area contributed by atoms with Gasteiger partial charge in [0.2, 0.25) is 0 Å². The van der Waals surface area contributed by atoms with Crippen LogP contribution in [0.2, 0.25) is 0 Å². The van der Waals surface area contributed by atoms with Gasteiger partial charge in [0.1, 0.15) is 0 Å². The average Bonchev–Trinajstić information content (AvgIpc) is 2.50. The molecule has 0 spiro atoms. The zero-order chi connectivity index (χ0) is 11.0. The molecule has 2 rings (SSSR count). The van der Waals surface area contributed by atoms with E-state index in [0.29, 0.717) is 5.92 Å². The molecule has 1 aliphatic carbocycles. The molecule has 2 unspecified atom stereocenters. The van der Waals surface area contributed by atoms with E-state index in [1.165, 1.54) is 28.7 Å². The summed E-state index contributed by atoms with van der Waals surface area (Å²) >= 11 is 0. The molecular formula is C14H20O. The number of hydrogen-bond donors (Lipinski definition) is 1. The number of aliphatic hydroxyl groups is 1. The minimum Gasteiger partial charge on any atom is -0.392 e. The molecule has 0 aliphatic heterocycles. The zero-order valence-corrected chi connectivity index (χ0v) is 9.88. The quantitative estimate of drug-likeness (QED) is 0.744. The van der Waals surface area contributed by atoms with Crippen LogP contribution in [0, 0.1) is 20.8 Å². The third-order valence-electron chi connectivity index (χ3n) is 3.59. The van der Waals surface area contributed by atoms with Gasteiger partial charge in [-0.1, -0.05) is 24.1 Å². The fourth-order valence-electron chi connectivity index (χ4n) is 3.05. The zero-order valence-electron chi connectivity index (χ0n) is 9.88. The molecule has 0 bridgehead atoms. The molecule has 0 heterocycles. The van der Waals surface area contributed by atoms with Crippen LogP contribution in [0.4, 0.5) is 0 Å². The highest BCUT2D eigenvalue weighted by molar-refractivity contribution is 5.40. The Balaban J connectivity index is 2.43. The topological polar surface area (TPSA) is 20.2 Å². The maximum Gasteiger partial charge on any atom is 0.0608 e. The van der Waals surface area contributed by atoms with Gasteiger partial charge in [-0.3, -0.25) is 0 Å². The lowest BCUT2D eigenvalue weighted by Gasteiger charge is -2.20. The van der Waals surface area contributed by atoms with Crippen molar-refractivity contribution in [2.45, 2.75) is 52.1 Å². The average molecular weight is 204 g/mol. The Bertz CT molecular complexity index is 345. The summed E-state index contributed by atoms with van der Waals surface area (Å²) in [6.45, 7) is 6.47. The van der Waals surface area contributed by atoms with Gasteiger partial charge in [-0.2, -0.15) is 0 Å². The van der Waals surface area contributed by atoms with E-state index in [0.717, 1.165) is 12.8 Å². The highest BCUT2D eigenvalue weighted by atomic mass is 16.3. The predicted octanol–water partition coefficient (Wildman–Crippen LogP) is 3.24. The van der Waals surface area contributed by atoms with Crippen molar-refractivity contribution in [3.05, 3.63) is 34.4 Å². The lowest BCUT2D eigenvalue weighted by molar-refractivity contribution is 0.163. The van der Waals surface area contributed by atoms with Crippen LogP contribution in [0.5, 0.6) is 0 Å². The summed E-state index contributed by atoms with van der Waals surface area (Å²) in [6.07, 6.45) is 3.16. The van der Waals surface area contributed by atoms with Gasteiger partial charge in [0.15, 0.2) is 0 Å². The lowest BCUT2D eigenvalue weighted by Crippen LogP contribution is -2.13. The third kappa shape index (κ3) is 1.93. The van der Waals surface area contributed by atoms with Crippen LogP contribution in [-0.2, 0) is 0 Å². The molecule has 15 heavy (non-hydrogen) atoms. The van der Waals surface area contributed by atoms with Crippen LogP contribution in [0.1, 0.15) is 47.4 Å². The summed E-state index contributed by atoms with van der Waals surface area (Å²) in [5.41, 5.74) is 5.41. The van der Waals surface area contributed by atoms with Crippen LogP contribution < -0.4 is 0 Å². The van der Waals surface area contributed by atoms with E-state index in [2.05, 4.69) is 32.9 Å². The van der Waals surface area contributed by atoms with E-state index >= 15 is 0 Å². The molecule has 1 aromatic rings. The minimum absolute atomic E-state index is 0.120. The molecule has 1 heteroatoms. The normalized spacial score (nSPS) is 25.9. The van der Waals surface area contributed by atoms with Crippen LogP contribution in [0.25, 0.3) is 0 Å². The number of hydrogen-bond acceptors (Lipinski definition) is 1. The molecule has 1 fully saturated rings. The first kappa shape index (κ1) is 10.7. The van der Waals surface area contributed by atoms with E-state index in [-0.39, 0.29) is 6.10 Å². The Morgan fingerprint density at radius 2 is 1.67 bits per heavy atom. The van der Waals surface area contributed by atoms with E-state index in [1.54, 1.807) is 0 Å². The summed E-state index contributed by atoms with van der Waals surface area (Å²) < 4.78 is 0. The Morgan fingerprint density at radius 1 is 1.07 bits per heavy atom. The van der Waals surface area contributed by atoms with Gasteiger partial charge < -0.3 is 5.11 Å². The molecule has 1 N–H and O–H groups in total. The van der Waals surface area contributed by atoms with Crippen molar-refractivity contribution in [1.29, 1.82) is 0 Å². The monoisotopic (exact) mass is 204 g/mol. The molecule has 0 saturated heterocycles. The lowest BCUT2D eigenvalue weighted by atomic mass is 9.87. The van der Waals surface area contributed by atoms with Crippen LogP contribution >= 0.6 is 0 Å². The largest absolute Gasteiger partial charge is 0.392 e. The second kappa shape index (κ2) is 3.97. The second-order valence-electron chi connectivity index (χ2n) is 4.92. The molecule has 0 aromatic heterocycles. The molecule has 1 aromatic carbocycles. The fraction of sp³-hybridized carbons (Fsp3) is 0.571. The molecular weight excluding hydrogens is 184 g/mol. The van der Waals surface area contributed by atoms with Gasteiger partial charge in [0, 0.05) is 5.92 Å².